The van der Waals surface area contributed by atoms with Crippen LogP contribution >= 0.6 is 0 Å². The van der Waals surface area contributed by atoms with Crippen LogP contribution < -0.4 is 20.9 Å². The number of aliphatic imine (C=N–C) groups is 4. The molecule has 0 saturated carbocycles. The van der Waals surface area contributed by atoms with Crippen LogP contribution in [0.1, 0.15) is 13.3 Å². The Morgan fingerprint density at radius 3 is 2.24 bits per heavy atom. The number of hydrogen-bond acceptors (Lipinski definition) is 12. The summed E-state index contributed by atoms with van der Waals surface area (Å²) in [6.07, 6.45) is 6.72. The third-order valence-corrected chi connectivity index (χ3v) is 4.94. The molecule has 0 radical (unpaired) electrons. The molecule has 2 aliphatic heterocycles. The first-order valence-corrected chi connectivity index (χ1v) is 10.7. The number of anilines is 2. The number of nitrogens with zero attached hydrogens (tertiary/aromatic N) is 7. The summed E-state index contributed by atoms with van der Waals surface area (Å²) in [5.74, 6) is 2.79. The summed E-state index contributed by atoms with van der Waals surface area (Å²) in [5, 5.41) is 9.76. The topological polar surface area (TPSA) is 122 Å². The number of rotatable bonds is 5. The van der Waals surface area contributed by atoms with E-state index in [1.54, 1.807) is 25.1 Å². The zero-order valence-electron chi connectivity index (χ0n) is 19.5. The van der Waals surface area contributed by atoms with Crippen molar-refractivity contribution in [3.8, 4) is 0 Å². The summed E-state index contributed by atoms with van der Waals surface area (Å²) < 4.78 is 10.5. The lowest BCUT2D eigenvalue weighted by Crippen LogP contribution is -2.52. The van der Waals surface area contributed by atoms with E-state index in [9.17, 15) is 0 Å². The largest absolute Gasteiger partial charge is 0.470 e. The van der Waals surface area contributed by atoms with Gasteiger partial charge in [0.2, 0.25) is 23.8 Å². The molecular weight excluding hydrogens is 424 g/mol. The van der Waals surface area contributed by atoms with Crippen LogP contribution in [0.4, 0.5) is 11.4 Å². The molecule has 4 rings (SSSR count). The maximum atomic E-state index is 5.35. The molecule has 12 nitrogen and oxygen atoms in total. The van der Waals surface area contributed by atoms with Gasteiger partial charge in [-0.2, -0.15) is 0 Å². The fourth-order valence-corrected chi connectivity index (χ4v) is 3.31. The highest BCUT2D eigenvalue weighted by atomic mass is 16.3. The maximum Gasteiger partial charge on any atom is 0.207 e. The van der Waals surface area contributed by atoms with Gasteiger partial charge in [0.25, 0.3) is 0 Å². The molecule has 0 aromatic carbocycles. The molecular formula is C21H30N10O2. The minimum absolute atomic E-state index is 0.200. The van der Waals surface area contributed by atoms with Crippen LogP contribution in [0.2, 0.25) is 0 Å². The molecule has 0 bridgehead atoms. The van der Waals surface area contributed by atoms with E-state index in [4.69, 9.17) is 23.8 Å². The second-order valence-electron chi connectivity index (χ2n) is 8.05. The minimum atomic E-state index is -0.295. The Labute approximate surface area is 192 Å². The van der Waals surface area contributed by atoms with Crippen molar-refractivity contribution in [1.29, 1.82) is 0 Å². The van der Waals surface area contributed by atoms with E-state index in [-0.39, 0.29) is 12.3 Å². The molecule has 0 aliphatic carbocycles. The van der Waals surface area contributed by atoms with Gasteiger partial charge in [-0.15, -0.1) is 0 Å². The van der Waals surface area contributed by atoms with Crippen molar-refractivity contribution in [3.05, 3.63) is 37.2 Å². The van der Waals surface area contributed by atoms with E-state index < -0.39 is 0 Å². The van der Waals surface area contributed by atoms with E-state index in [2.05, 4.69) is 25.8 Å². The standard InChI is InChI=1S/C21H30N10O2/c1-14-22-19(29(2)3)28-21(23-14)31(16-8-11-33-13-16)9-6-17-25-18(24-15-7-10-32-12-15)27-20(26-17)30(4)5/h7-8,10-14,17H,6,9H2,1-5H3,(H,22,23,28)(H2,24,25,26,27). The molecule has 2 aliphatic rings. The highest BCUT2D eigenvalue weighted by molar-refractivity contribution is 6.08. The molecule has 3 N–H and O–H groups in total. The van der Waals surface area contributed by atoms with Crippen molar-refractivity contribution in [2.24, 2.45) is 20.0 Å². The van der Waals surface area contributed by atoms with Gasteiger partial charge in [-0.05, 0) is 13.0 Å². The SMILES string of the molecule is CC1N=C(N(C)C)NC(N(CCC2N=C(Nc3ccoc3)NC(N(C)C)=N2)c2ccoc2)=N1. The highest BCUT2D eigenvalue weighted by Gasteiger charge is 2.25. The molecule has 0 spiro atoms. The van der Waals surface area contributed by atoms with Crippen LogP contribution in [0.3, 0.4) is 0 Å². The van der Waals surface area contributed by atoms with Gasteiger partial charge < -0.3 is 28.9 Å². The fourth-order valence-electron chi connectivity index (χ4n) is 3.31. The Bertz CT molecular complexity index is 1040. The summed E-state index contributed by atoms with van der Waals surface area (Å²) in [4.78, 5) is 24.6. The Kier molecular flexibility index (Phi) is 6.52. The molecule has 12 heteroatoms. The van der Waals surface area contributed by atoms with Gasteiger partial charge in [0.15, 0.2) is 0 Å². The summed E-state index contributed by atoms with van der Waals surface area (Å²) in [5.41, 5.74) is 1.70. The normalized spacial score (nSPS) is 19.9. The Hall–Kier alpha value is -3.96. The zero-order chi connectivity index (χ0) is 23.4. The highest BCUT2D eigenvalue weighted by Crippen LogP contribution is 2.19. The van der Waals surface area contributed by atoms with Crippen LogP contribution in [-0.4, -0.2) is 80.7 Å². The van der Waals surface area contributed by atoms with Crippen molar-refractivity contribution < 1.29 is 8.83 Å². The third kappa shape index (κ3) is 5.45. The lowest BCUT2D eigenvalue weighted by molar-refractivity contribution is 0.555. The van der Waals surface area contributed by atoms with Crippen LogP contribution in [0.25, 0.3) is 0 Å². The van der Waals surface area contributed by atoms with Crippen molar-refractivity contribution in [1.82, 2.24) is 20.4 Å². The molecule has 2 unspecified atom stereocenters. The van der Waals surface area contributed by atoms with E-state index in [0.717, 1.165) is 23.3 Å². The predicted octanol–water partition coefficient (Wildman–Crippen LogP) is 1.61. The molecule has 2 atom stereocenters. The summed E-state index contributed by atoms with van der Waals surface area (Å²) in [6, 6.07) is 3.74. The molecule has 0 saturated heterocycles. The first-order valence-electron chi connectivity index (χ1n) is 10.7. The van der Waals surface area contributed by atoms with Crippen LogP contribution in [0.15, 0.2) is 66.0 Å². The molecule has 0 fully saturated rings. The smallest absolute Gasteiger partial charge is 0.207 e. The predicted molar refractivity (Wildman–Crippen MR) is 130 cm³/mol. The molecule has 176 valence electrons. The molecule has 0 amide bonds. The van der Waals surface area contributed by atoms with Gasteiger partial charge in [-0.1, -0.05) is 0 Å². The first-order chi connectivity index (χ1) is 15.9. The summed E-state index contributed by atoms with van der Waals surface area (Å²) in [6.45, 7) is 2.56. The lowest BCUT2D eigenvalue weighted by Gasteiger charge is -2.32. The molecule has 4 heterocycles. The molecule has 2 aromatic rings. The Morgan fingerprint density at radius 2 is 1.58 bits per heavy atom. The Balaban J connectivity index is 1.53. The molecule has 2 aromatic heterocycles. The third-order valence-electron chi connectivity index (χ3n) is 4.94. The van der Waals surface area contributed by atoms with Crippen molar-refractivity contribution in [2.45, 2.75) is 25.7 Å². The van der Waals surface area contributed by atoms with Gasteiger partial charge in [0.05, 0.1) is 23.9 Å². The van der Waals surface area contributed by atoms with Crippen LogP contribution in [0.5, 0.6) is 0 Å². The number of hydrogen-bond donors (Lipinski definition) is 3. The van der Waals surface area contributed by atoms with Gasteiger partial charge >= 0.3 is 0 Å². The summed E-state index contributed by atoms with van der Waals surface area (Å²) >= 11 is 0. The Morgan fingerprint density at radius 1 is 0.879 bits per heavy atom. The van der Waals surface area contributed by atoms with Crippen molar-refractivity contribution >= 4 is 35.2 Å². The van der Waals surface area contributed by atoms with Crippen molar-refractivity contribution in [2.75, 3.05) is 45.0 Å². The average Bonchev–Trinajstić information content (AvgIpc) is 3.48. The van der Waals surface area contributed by atoms with E-state index >= 15 is 0 Å². The number of nitrogens with one attached hydrogen (secondary N) is 3. The molecule has 33 heavy (non-hydrogen) atoms. The fraction of sp³-hybridized carbons (Fsp3) is 0.429. The zero-order valence-corrected chi connectivity index (χ0v) is 19.5. The summed E-state index contributed by atoms with van der Waals surface area (Å²) in [7, 11) is 7.76. The lowest BCUT2D eigenvalue weighted by atomic mass is 10.3. The van der Waals surface area contributed by atoms with Crippen molar-refractivity contribution in [3.63, 3.8) is 0 Å². The second kappa shape index (κ2) is 9.67. The minimum Gasteiger partial charge on any atom is -0.470 e. The maximum absolute atomic E-state index is 5.35. The number of guanidine groups is 4. The van der Waals surface area contributed by atoms with Crippen LogP contribution in [0, 0.1) is 0 Å². The van der Waals surface area contributed by atoms with Gasteiger partial charge in [-0.3, -0.25) is 10.6 Å². The average molecular weight is 455 g/mol. The monoisotopic (exact) mass is 454 g/mol. The van der Waals surface area contributed by atoms with Gasteiger partial charge in [0.1, 0.15) is 24.9 Å². The van der Waals surface area contributed by atoms with E-state index in [1.807, 2.05) is 57.0 Å². The first kappa shape index (κ1) is 22.2. The van der Waals surface area contributed by atoms with E-state index in [1.165, 1.54) is 0 Å². The second-order valence-corrected chi connectivity index (χ2v) is 8.05. The van der Waals surface area contributed by atoms with Gasteiger partial charge in [0, 0.05) is 47.2 Å². The number of furan rings is 2. The van der Waals surface area contributed by atoms with Crippen LogP contribution in [-0.2, 0) is 0 Å². The van der Waals surface area contributed by atoms with E-state index in [0.29, 0.717) is 24.9 Å². The quantitative estimate of drug-likeness (QED) is 0.623. The van der Waals surface area contributed by atoms with Gasteiger partial charge in [-0.25, -0.2) is 20.0 Å².